The molecule has 0 aliphatic heterocycles. The molecule has 1 heterocycles. The molecule has 0 aliphatic rings. The van der Waals surface area contributed by atoms with Gasteiger partial charge >= 0.3 is 0 Å². The van der Waals surface area contributed by atoms with E-state index in [-0.39, 0.29) is 0 Å². The highest BCUT2D eigenvalue weighted by atomic mass is 32.2. The normalized spacial score (nSPS) is 13.1. The van der Waals surface area contributed by atoms with Crippen molar-refractivity contribution in [1.82, 2.24) is 9.55 Å². The van der Waals surface area contributed by atoms with Gasteiger partial charge in [-0.2, -0.15) is 11.8 Å². The van der Waals surface area contributed by atoms with E-state index in [9.17, 15) is 0 Å². The fraction of sp³-hybridized carbons (Fsp3) is 0.462. The Morgan fingerprint density at radius 2 is 2.24 bits per heavy atom. The first-order valence-corrected chi connectivity index (χ1v) is 7.23. The van der Waals surface area contributed by atoms with Crippen molar-refractivity contribution in [2.24, 2.45) is 5.92 Å². The van der Waals surface area contributed by atoms with Gasteiger partial charge in [0.2, 0.25) is 5.95 Å². The van der Waals surface area contributed by atoms with Crippen molar-refractivity contribution in [3.8, 4) is 0 Å². The predicted molar refractivity (Wildman–Crippen MR) is 76.4 cm³/mol. The van der Waals surface area contributed by atoms with Crippen LogP contribution >= 0.6 is 11.8 Å². The SMILES string of the molecule is CSCC(C)Cn1c(N)nc2cccc(C)c21. The summed E-state index contributed by atoms with van der Waals surface area (Å²) in [5.74, 6) is 2.37. The zero-order chi connectivity index (χ0) is 12.4. The van der Waals surface area contributed by atoms with Gasteiger partial charge in [0, 0.05) is 6.54 Å². The molecule has 0 saturated carbocycles. The van der Waals surface area contributed by atoms with E-state index in [2.05, 4.69) is 35.7 Å². The van der Waals surface area contributed by atoms with E-state index in [1.807, 2.05) is 23.9 Å². The summed E-state index contributed by atoms with van der Waals surface area (Å²) >= 11 is 1.87. The Kier molecular flexibility index (Phi) is 3.62. The molecule has 2 rings (SSSR count). The highest BCUT2D eigenvalue weighted by Gasteiger charge is 2.12. The number of hydrogen-bond acceptors (Lipinski definition) is 3. The van der Waals surface area contributed by atoms with Crippen LogP contribution in [0.3, 0.4) is 0 Å². The van der Waals surface area contributed by atoms with Crippen LogP contribution in [0.2, 0.25) is 0 Å². The van der Waals surface area contributed by atoms with Gasteiger partial charge in [-0.1, -0.05) is 19.1 Å². The second-order valence-corrected chi connectivity index (χ2v) is 5.49. The van der Waals surface area contributed by atoms with E-state index in [1.165, 1.54) is 11.1 Å². The monoisotopic (exact) mass is 249 g/mol. The van der Waals surface area contributed by atoms with Crippen LogP contribution < -0.4 is 5.73 Å². The Balaban J connectivity index is 2.42. The number of imidazole rings is 1. The molecule has 0 aliphatic carbocycles. The van der Waals surface area contributed by atoms with Crippen LogP contribution in [0, 0.1) is 12.8 Å². The summed E-state index contributed by atoms with van der Waals surface area (Å²) < 4.78 is 2.14. The second-order valence-electron chi connectivity index (χ2n) is 4.58. The van der Waals surface area contributed by atoms with Crippen molar-refractivity contribution in [2.45, 2.75) is 20.4 Å². The summed E-state index contributed by atoms with van der Waals surface area (Å²) in [5, 5.41) is 0. The Bertz CT molecular complexity index is 519. The minimum atomic E-state index is 0.601. The number of nitrogen functional groups attached to an aromatic ring is 1. The molecule has 0 bridgehead atoms. The topological polar surface area (TPSA) is 43.8 Å². The van der Waals surface area contributed by atoms with Crippen LogP contribution in [-0.4, -0.2) is 21.6 Å². The number of rotatable bonds is 4. The van der Waals surface area contributed by atoms with Gasteiger partial charge in [0.25, 0.3) is 0 Å². The maximum atomic E-state index is 6.01. The first kappa shape index (κ1) is 12.3. The number of nitrogens with zero attached hydrogens (tertiary/aromatic N) is 2. The number of aromatic nitrogens is 2. The maximum absolute atomic E-state index is 6.01. The largest absolute Gasteiger partial charge is 0.369 e. The minimum absolute atomic E-state index is 0.601. The third kappa shape index (κ3) is 2.41. The lowest BCUT2D eigenvalue weighted by Gasteiger charge is -2.13. The number of aryl methyl sites for hydroxylation is 1. The van der Waals surface area contributed by atoms with Crippen molar-refractivity contribution < 1.29 is 0 Å². The molecule has 4 heteroatoms. The molecule has 1 aromatic heterocycles. The number of anilines is 1. The van der Waals surface area contributed by atoms with Crippen molar-refractivity contribution >= 4 is 28.7 Å². The molecule has 2 N–H and O–H groups in total. The third-order valence-corrected chi connectivity index (χ3v) is 3.85. The molecule has 17 heavy (non-hydrogen) atoms. The first-order chi connectivity index (χ1) is 8.13. The van der Waals surface area contributed by atoms with Gasteiger partial charge in [-0.15, -0.1) is 0 Å². The first-order valence-electron chi connectivity index (χ1n) is 5.83. The van der Waals surface area contributed by atoms with Gasteiger partial charge in [-0.3, -0.25) is 0 Å². The van der Waals surface area contributed by atoms with Crippen LogP contribution in [0.25, 0.3) is 11.0 Å². The second kappa shape index (κ2) is 5.00. The molecule has 2 aromatic rings. The fourth-order valence-corrected chi connectivity index (χ4v) is 2.89. The lowest BCUT2D eigenvalue weighted by Crippen LogP contribution is -2.12. The van der Waals surface area contributed by atoms with Gasteiger partial charge < -0.3 is 10.3 Å². The summed E-state index contributed by atoms with van der Waals surface area (Å²) in [4.78, 5) is 4.42. The molecule has 1 unspecified atom stereocenters. The van der Waals surface area contributed by atoms with Gasteiger partial charge in [0.1, 0.15) is 0 Å². The average Bonchev–Trinajstić information content (AvgIpc) is 2.57. The molecule has 0 saturated heterocycles. The molecular formula is C13H19N3S. The van der Waals surface area contributed by atoms with E-state index >= 15 is 0 Å². The van der Waals surface area contributed by atoms with Crippen LogP contribution in [-0.2, 0) is 6.54 Å². The van der Waals surface area contributed by atoms with Crippen LogP contribution in [0.1, 0.15) is 12.5 Å². The number of fused-ring (bicyclic) bond motifs is 1. The molecule has 0 radical (unpaired) electrons. The van der Waals surface area contributed by atoms with E-state index in [0.29, 0.717) is 11.9 Å². The molecule has 0 fully saturated rings. The van der Waals surface area contributed by atoms with Crippen LogP contribution in [0.4, 0.5) is 5.95 Å². The molecule has 3 nitrogen and oxygen atoms in total. The molecule has 1 aromatic carbocycles. The van der Waals surface area contributed by atoms with Crippen molar-refractivity contribution in [1.29, 1.82) is 0 Å². The Labute approximate surface area is 106 Å². The van der Waals surface area contributed by atoms with E-state index in [1.54, 1.807) is 0 Å². The molecule has 0 amide bonds. The van der Waals surface area contributed by atoms with Gasteiger partial charge in [-0.05, 0) is 36.5 Å². The minimum Gasteiger partial charge on any atom is -0.369 e. The van der Waals surface area contributed by atoms with Gasteiger partial charge in [-0.25, -0.2) is 4.98 Å². The zero-order valence-corrected chi connectivity index (χ0v) is 11.4. The van der Waals surface area contributed by atoms with Gasteiger partial charge in [0.15, 0.2) is 0 Å². The lowest BCUT2D eigenvalue weighted by molar-refractivity contribution is 0.546. The summed E-state index contributed by atoms with van der Waals surface area (Å²) in [5.41, 5.74) is 9.43. The van der Waals surface area contributed by atoms with Crippen molar-refractivity contribution in [2.75, 3.05) is 17.7 Å². The van der Waals surface area contributed by atoms with Crippen molar-refractivity contribution in [3.63, 3.8) is 0 Å². The number of hydrogen-bond donors (Lipinski definition) is 1. The molecule has 1 atom stereocenters. The average molecular weight is 249 g/mol. The Morgan fingerprint density at radius 1 is 1.47 bits per heavy atom. The smallest absolute Gasteiger partial charge is 0.201 e. The Morgan fingerprint density at radius 3 is 2.94 bits per heavy atom. The van der Waals surface area contributed by atoms with Crippen LogP contribution in [0.15, 0.2) is 18.2 Å². The Hall–Kier alpha value is -1.16. The van der Waals surface area contributed by atoms with E-state index in [0.717, 1.165) is 17.8 Å². The van der Waals surface area contributed by atoms with Crippen molar-refractivity contribution in [3.05, 3.63) is 23.8 Å². The third-order valence-electron chi connectivity index (χ3n) is 2.94. The molecular weight excluding hydrogens is 230 g/mol. The quantitative estimate of drug-likeness (QED) is 0.906. The summed E-state index contributed by atoms with van der Waals surface area (Å²) in [6.07, 6.45) is 2.14. The predicted octanol–water partition coefficient (Wildman–Crippen LogP) is 2.93. The maximum Gasteiger partial charge on any atom is 0.201 e. The molecule has 92 valence electrons. The standard InChI is InChI=1S/C13H19N3S/c1-9(8-17-3)7-16-12-10(2)5-4-6-11(12)15-13(16)14/h4-6,9H,7-8H2,1-3H3,(H2,14,15). The lowest BCUT2D eigenvalue weighted by atomic mass is 10.2. The number of para-hydroxylation sites is 1. The van der Waals surface area contributed by atoms with E-state index in [4.69, 9.17) is 5.73 Å². The zero-order valence-electron chi connectivity index (χ0n) is 10.6. The van der Waals surface area contributed by atoms with E-state index < -0.39 is 0 Å². The van der Waals surface area contributed by atoms with Crippen LogP contribution in [0.5, 0.6) is 0 Å². The number of benzene rings is 1. The summed E-state index contributed by atoms with van der Waals surface area (Å²) in [7, 11) is 0. The summed E-state index contributed by atoms with van der Waals surface area (Å²) in [6, 6.07) is 6.16. The highest BCUT2D eigenvalue weighted by molar-refractivity contribution is 7.98. The molecule has 0 spiro atoms. The number of nitrogens with two attached hydrogens (primary N) is 1. The summed E-state index contributed by atoms with van der Waals surface area (Å²) in [6.45, 7) is 5.30. The number of thioether (sulfide) groups is 1. The fourth-order valence-electron chi connectivity index (χ4n) is 2.22. The van der Waals surface area contributed by atoms with Gasteiger partial charge in [0.05, 0.1) is 11.0 Å². The highest BCUT2D eigenvalue weighted by Crippen LogP contribution is 2.23.